The summed E-state index contributed by atoms with van der Waals surface area (Å²) in [5.41, 5.74) is 1.26. The number of hydrogen-bond donors (Lipinski definition) is 1. The molecule has 1 unspecified atom stereocenters. The van der Waals surface area contributed by atoms with Crippen LogP contribution in [0.1, 0.15) is 30.3 Å². The average molecular weight is 361 g/mol. The van der Waals surface area contributed by atoms with Crippen LogP contribution in [0.25, 0.3) is 0 Å². The van der Waals surface area contributed by atoms with Gasteiger partial charge in [0.05, 0.1) is 13.2 Å². The molecule has 2 aromatic rings. The summed E-state index contributed by atoms with van der Waals surface area (Å²) in [6.45, 7) is 10.3. The molecule has 0 amide bonds. The quantitative estimate of drug-likeness (QED) is 0.821. The first-order chi connectivity index (χ1) is 12.3. The van der Waals surface area contributed by atoms with E-state index in [4.69, 9.17) is 4.74 Å². The van der Waals surface area contributed by atoms with Crippen LogP contribution in [-0.4, -0.2) is 49.7 Å². The number of para-hydroxylation sites is 1. The predicted octanol–water partition coefficient (Wildman–Crippen LogP) is 3.14. The van der Waals surface area contributed by atoms with Gasteiger partial charge in [-0.05, 0) is 19.9 Å². The Hall–Kier alpha value is -1.63. The van der Waals surface area contributed by atoms with Crippen molar-refractivity contribution in [1.82, 2.24) is 15.2 Å². The van der Waals surface area contributed by atoms with Crippen LogP contribution >= 0.6 is 11.3 Å². The van der Waals surface area contributed by atoms with Crippen molar-refractivity contribution in [2.24, 2.45) is 0 Å². The van der Waals surface area contributed by atoms with Crippen LogP contribution in [0.2, 0.25) is 0 Å². The zero-order chi connectivity index (χ0) is 17.6. The van der Waals surface area contributed by atoms with Gasteiger partial charge in [-0.25, -0.2) is 4.98 Å². The average Bonchev–Trinajstić information content (AvgIpc) is 3.11. The van der Waals surface area contributed by atoms with Gasteiger partial charge in [-0.2, -0.15) is 0 Å². The lowest BCUT2D eigenvalue weighted by molar-refractivity contribution is 0.152. The standard InChI is InChI=1S/C19H28N4OS/c1-4-22(5-2)19-21-12-15(25-19)14-23-11-10-20-13-17(23)16-8-6-7-9-18(16)24-3/h6-9,12,17,20H,4-5,10-11,13-14H2,1-3H3. The molecule has 1 aliphatic heterocycles. The number of piperazine rings is 1. The van der Waals surface area contributed by atoms with Crippen molar-refractivity contribution in [1.29, 1.82) is 0 Å². The van der Waals surface area contributed by atoms with Gasteiger partial charge >= 0.3 is 0 Å². The van der Waals surface area contributed by atoms with Gasteiger partial charge in [0.2, 0.25) is 0 Å². The molecule has 6 heteroatoms. The van der Waals surface area contributed by atoms with Gasteiger partial charge in [0.25, 0.3) is 0 Å². The van der Waals surface area contributed by atoms with Crippen molar-refractivity contribution < 1.29 is 4.74 Å². The molecule has 25 heavy (non-hydrogen) atoms. The second kappa shape index (κ2) is 8.65. The first kappa shape index (κ1) is 18.2. The van der Waals surface area contributed by atoms with Crippen LogP contribution in [0, 0.1) is 0 Å². The Morgan fingerprint density at radius 2 is 2.12 bits per heavy atom. The molecule has 136 valence electrons. The first-order valence-corrected chi connectivity index (χ1v) is 9.85. The number of methoxy groups -OCH3 is 1. The number of anilines is 1. The summed E-state index contributed by atoms with van der Waals surface area (Å²) in [5, 5.41) is 4.65. The van der Waals surface area contributed by atoms with E-state index in [0.717, 1.165) is 50.1 Å². The summed E-state index contributed by atoms with van der Waals surface area (Å²) in [4.78, 5) is 10.8. The minimum absolute atomic E-state index is 0.323. The van der Waals surface area contributed by atoms with Crippen LogP contribution in [0.5, 0.6) is 5.75 Å². The van der Waals surface area contributed by atoms with Gasteiger partial charge in [-0.15, -0.1) is 11.3 Å². The maximum Gasteiger partial charge on any atom is 0.185 e. The summed E-state index contributed by atoms with van der Waals surface area (Å²) in [6.07, 6.45) is 2.04. The third-order valence-corrected chi connectivity index (χ3v) is 5.83. The maximum atomic E-state index is 5.59. The van der Waals surface area contributed by atoms with E-state index >= 15 is 0 Å². The fourth-order valence-corrected chi connectivity index (χ4v) is 4.46. The number of benzene rings is 1. The Morgan fingerprint density at radius 1 is 1.32 bits per heavy atom. The molecule has 1 atom stereocenters. The number of thiazole rings is 1. The van der Waals surface area contributed by atoms with Gasteiger partial charge in [-0.3, -0.25) is 4.90 Å². The summed E-state index contributed by atoms with van der Waals surface area (Å²) < 4.78 is 5.59. The molecule has 1 aromatic heterocycles. The molecular weight excluding hydrogens is 332 g/mol. The molecule has 0 bridgehead atoms. The minimum Gasteiger partial charge on any atom is -0.496 e. The predicted molar refractivity (Wildman–Crippen MR) is 105 cm³/mol. The molecule has 0 spiro atoms. The summed E-state index contributed by atoms with van der Waals surface area (Å²) in [6, 6.07) is 8.67. The van der Waals surface area contributed by atoms with Gasteiger partial charge in [0.1, 0.15) is 5.75 Å². The normalized spacial score (nSPS) is 18.3. The second-order valence-electron chi connectivity index (χ2n) is 6.21. The lowest BCUT2D eigenvalue weighted by Gasteiger charge is -2.36. The SMILES string of the molecule is CCN(CC)c1ncc(CN2CCNCC2c2ccccc2OC)s1. The van der Waals surface area contributed by atoms with Gasteiger partial charge < -0.3 is 15.0 Å². The molecule has 2 heterocycles. The van der Waals surface area contributed by atoms with E-state index in [-0.39, 0.29) is 0 Å². The number of nitrogens with one attached hydrogen (secondary N) is 1. The molecule has 1 fully saturated rings. The summed E-state index contributed by atoms with van der Waals surface area (Å²) >= 11 is 1.81. The third kappa shape index (κ3) is 4.14. The highest BCUT2D eigenvalue weighted by Crippen LogP contribution is 2.32. The zero-order valence-electron chi connectivity index (χ0n) is 15.4. The van der Waals surface area contributed by atoms with Crippen LogP contribution in [0.4, 0.5) is 5.13 Å². The van der Waals surface area contributed by atoms with Crippen molar-refractivity contribution in [3.8, 4) is 5.75 Å². The number of nitrogens with zero attached hydrogens (tertiary/aromatic N) is 3. The van der Waals surface area contributed by atoms with E-state index in [1.54, 1.807) is 7.11 Å². The Morgan fingerprint density at radius 3 is 2.88 bits per heavy atom. The van der Waals surface area contributed by atoms with Gasteiger partial charge in [0.15, 0.2) is 5.13 Å². The molecule has 1 aliphatic rings. The molecular formula is C19H28N4OS. The van der Waals surface area contributed by atoms with E-state index < -0.39 is 0 Å². The van der Waals surface area contributed by atoms with E-state index in [0.29, 0.717) is 6.04 Å². The van der Waals surface area contributed by atoms with Crippen molar-refractivity contribution in [2.75, 3.05) is 44.7 Å². The highest BCUT2D eigenvalue weighted by Gasteiger charge is 2.26. The Kier molecular flexibility index (Phi) is 6.29. The molecule has 1 saturated heterocycles. The molecule has 5 nitrogen and oxygen atoms in total. The molecule has 1 N–H and O–H groups in total. The molecule has 0 saturated carbocycles. The van der Waals surface area contributed by atoms with Crippen LogP contribution in [-0.2, 0) is 6.54 Å². The minimum atomic E-state index is 0.323. The van der Waals surface area contributed by atoms with Crippen molar-refractivity contribution in [2.45, 2.75) is 26.4 Å². The monoisotopic (exact) mass is 360 g/mol. The van der Waals surface area contributed by atoms with E-state index in [1.807, 2.05) is 29.7 Å². The smallest absolute Gasteiger partial charge is 0.185 e. The van der Waals surface area contributed by atoms with E-state index in [2.05, 4.69) is 46.1 Å². The lowest BCUT2D eigenvalue weighted by atomic mass is 10.0. The highest BCUT2D eigenvalue weighted by molar-refractivity contribution is 7.15. The molecule has 0 radical (unpaired) electrons. The lowest BCUT2D eigenvalue weighted by Crippen LogP contribution is -2.45. The number of rotatable bonds is 7. The molecule has 1 aromatic carbocycles. The Bertz CT molecular complexity index is 671. The summed E-state index contributed by atoms with van der Waals surface area (Å²) in [7, 11) is 1.75. The Balaban J connectivity index is 1.78. The second-order valence-corrected chi connectivity index (χ2v) is 7.31. The number of hydrogen-bond acceptors (Lipinski definition) is 6. The van der Waals surface area contributed by atoms with E-state index in [9.17, 15) is 0 Å². The van der Waals surface area contributed by atoms with Crippen LogP contribution in [0.15, 0.2) is 30.5 Å². The molecule has 0 aliphatic carbocycles. The zero-order valence-corrected chi connectivity index (χ0v) is 16.2. The number of ether oxygens (including phenoxy) is 1. The maximum absolute atomic E-state index is 5.59. The summed E-state index contributed by atoms with van der Waals surface area (Å²) in [5.74, 6) is 0.967. The fourth-order valence-electron chi connectivity index (χ4n) is 3.39. The van der Waals surface area contributed by atoms with Crippen molar-refractivity contribution in [3.05, 3.63) is 40.9 Å². The first-order valence-electron chi connectivity index (χ1n) is 9.04. The van der Waals surface area contributed by atoms with E-state index in [1.165, 1.54) is 10.4 Å². The topological polar surface area (TPSA) is 40.6 Å². The van der Waals surface area contributed by atoms with Gasteiger partial charge in [0, 0.05) is 55.9 Å². The van der Waals surface area contributed by atoms with Crippen LogP contribution in [0.3, 0.4) is 0 Å². The molecule has 3 rings (SSSR count). The van der Waals surface area contributed by atoms with Gasteiger partial charge in [-0.1, -0.05) is 18.2 Å². The highest BCUT2D eigenvalue weighted by atomic mass is 32.1. The van der Waals surface area contributed by atoms with Crippen LogP contribution < -0.4 is 15.0 Å². The van der Waals surface area contributed by atoms with Crippen molar-refractivity contribution >= 4 is 16.5 Å². The largest absolute Gasteiger partial charge is 0.496 e. The Labute approximate surface area is 154 Å². The van der Waals surface area contributed by atoms with Crippen molar-refractivity contribution in [3.63, 3.8) is 0 Å². The third-order valence-electron chi connectivity index (χ3n) is 4.79. The fraction of sp³-hybridized carbons (Fsp3) is 0.526. The number of aromatic nitrogens is 1.